The number of nitrogens with zero attached hydrogens (tertiary/aromatic N) is 2. The van der Waals surface area contributed by atoms with E-state index in [0.717, 1.165) is 0 Å². The SMILES string of the molecule is CNC(=O)Cc1ccc(-c2csc(N=C(N)N)n2)o1. The molecule has 0 unspecified atom stereocenters. The Morgan fingerprint density at radius 3 is 3.00 bits per heavy atom. The molecular formula is C11H13N5O2S. The zero-order valence-corrected chi connectivity index (χ0v) is 11.0. The first kappa shape index (κ1) is 13.1. The van der Waals surface area contributed by atoms with Crippen LogP contribution in [0.15, 0.2) is 26.9 Å². The second kappa shape index (κ2) is 5.53. The maximum atomic E-state index is 11.2. The van der Waals surface area contributed by atoms with Crippen molar-refractivity contribution in [2.45, 2.75) is 6.42 Å². The van der Waals surface area contributed by atoms with E-state index in [2.05, 4.69) is 15.3 Å². The number of thiazole rings is 1. The summed E-state index contributed by atoms with van der Waals surface area (Å²) in [4.78, 5) is 19.3. The third-order valence-corrected chi connectivity index (χ3v) is 2.98. The van der Waals surface area contributed by atoms with Gasteiger partial charge in [-0.25, -0.2) is 4.98 Å². The molecule has 0 atom stereocenters. The van der Waals surface area contributed by atoms with Crippen molar-refractivity contribution in [3.8, 4) is 11.5 Å². The number of hydrogen-bond acceptors (Lipinski definition) is 5. The molecule has 2 rings (SSSR count). The molecular weight excluding hydrogens is 266 g/mol. The van der Waals surface area contributed by atoms with Gasteiger partial charge in [0.05, 0.1) is 6.42 Å². The molecule has 5 N–H and O–H groups in total. The van der Waals surface area contributed by atoms with Gasteiger partial charge >= 0.3 is 0 Å². The molecule has 1 amide bonds. The number of likely N-dealkylation sites (N-methyl/N-ethyl adjacent to an activating group) is 1. The Kier molecular flexibility index (Phi) is 3.81. The largest absolute Gasteiger partial charge is 0.459 e. The summed E-state index contributed by atoms with van der Waals surface area (Å²) in [5.41, 5.74) is 11.2. The molecule has 0 bridgehead atoms. The summed E-state index contributed by atoms with van der Waals surface area (Å²) in [6.45, 7) is 0. The first-order chi connectivity index (χ1) is 9.08. The minimum Gasteiger partial charge on any atom is -0.459 e. The highest BCUT2D eigenvalue weighted by Crippen LogP contribution is 2.28. The van der Waals surface area contributed by atoms with Gasteiger partial charge in [0.2, 0.25) is 11.0 Å². The Bertz CT molecular complexity index is 612. The van der Waals surface area contributed by atoms with Crippen molar-refractivity contribution in [3.63, 3.8) is 0 Å². The summed E-state index contributed by atoms with van der Waals surface area (Å²) in [5, 5.41) is 4.77. The van der Waals surface area contributed by atoms with Crippen molar-refractivity contribution in [1.82, 2.24) is 10.3 Å². The standard InChI is InChI=1S/C11H13N5O2S/c1-14-9(17)4-6-2-3-8(18-6)7-5-19-11(15-7)16-10(12)13/h2-3,5H,4H2,1H3,(H,14,17)(H4,12,13,15,16). The van der Waals surface area contributed by atoms with E-state index < -0.39 is 0 Å². The maximum absolute atomic E-state index is 11.2. The number of furan rings is 1. The van der Waals surface area contributed by atoms with Crippen molar-refractivity contribution in [3.05, 3.63) is 23.3 Å². The highest BCUT2D eigenvalue weighted by molar-refractivity contribution is 7.13. The van der Waals surface area contributed by atoms with Crippen molar-refractivity contribution in [2.24, 2.45) is 16.5 Å². The van der Waals surface area contributed by atoms with Crippen LogP contribution in [0.2, 0.25) is 0 Å². The molecule has 0 aliphatic rings. The molecule has 2 heterocycles. The van der Waals surface area contributed by atoms with Crippen LogP contribution in [0.1, 0.15) is 5.76 Å². The predicted octanol–water partition coefficient (Wildman–Crippen LogP) is 0.596. The lowest BCUT2D eigenvalue weighted by molar-refractivity contribution is -0.120. The van der Waals surface area contributed by atoms with Crippen LogP contribution in [-0.4, -0.2) is 23.9 Å². The van der Waals surface area contributed by atoms with Crippen molar-refractivity contribution >= 4 is 28.3 Å². The Balaban J connectivity index is 2.16. The number of carbonyl (C=O) groups excluding carboxylic acids is 1. The number of amides is 1. The molecule has 19 heavy (non-hydrogen) atoms. The predicted molar refractivity (Wildman–Crippen MR) is 73.1 cm³/mol. The quantitative estimate of drug-likeness (QED) is 0.559. The van der Waals surface area contributed by atoms with Crippen LogP contribution < -0.4 is 16.8 Å². The number of carbonyl (C=O) groups is 1. The number of aliphatic imine (C=N–C) groups is 1. The second-order valence-electron chi connectivity index (χ2n) is 3.67. The van der Waals surface area contributed by atoms with Gasteiger partial charge < -0.3 is 21.2 Å². The first-order valence-corrected chi connectivity index (χ1v) is 6.31. The highest BCUT2D eigenvalue weighted by atomic mass is 32.1. The monoisotopic (exact) mass is 279 g/mol. The molecule has 2 aromatic rings. The van der Waals surface area contributed by atoms with E-state index in [0.29, 0.717) is 22.3 Å². The van der Waals surface area contributed by atoms with Gasteiger partial charge in [0.1, 0.15) is 11.5 Å². The molecule has 0 saturated carbocycles. The number of nitrogens with one attached hydrogen (secondary N) is 1. The van der Waals surface area contributed by atoms with Gasteiger partial charge in [-0.3, -0.25) is 4.79 Å². The molecule has 0 aliphatic carbocycles. The van der Waals surface area contributed by atoms with E-state index in [-0.39, 0.29) is 18.3 Å². The van der Waals surface area contributed by atoms with Crippen molar-refractivity contribution in [2.75, 3.05) is 7.05 Å². The summed E-state index contributed by atoms with van der Waals surface area (Å²) >= 11 is 1.30. The average molecular weight is 279 g/mol. The van der Waals surface area contributed by atoms with Gasteiger partial charge in [-0.15, -0.1) is 11.3 Å². The van der Waals surface area contributed by atoms with E-state index in [9.17, 15) is 4.79 Å². The fourth-order valence-corrected chi connectivity index (χ4v) is 2.09. The Morgan fingerprint density at radius 2 is 2.32 bits per heavy atom. The minimum atomic E-state index is -0.111. The number of guanidine groups is 1. The van der Waals surface area contributed by atoms with Gasteiger partial charge in [-0.2, -0.15) is 4.99 Å². The van der Waals surface area contributed by atoms with Crippen molar-refractivity contribution in [1.29, 1.82) is 0 Å². The van der Waals surface area contributed by atoms with Crippen LogP contribution in [0, 0.1) is 0 Å². The smallest absolute Gasteiger partial charge is 0.227 e. The second-order valence-corrected chi connectivity index (χ2v) is 4.50. The third kappa shape index (κ3) is 3.32. The third-order valence-electron chi connectivity index (χ3n) is 2.24. The average Bonchev–Trinajstić information content (AvgIpc) is 2.97. The number of rotatable bonds is 4. The van der Waals surface area contributed by atoms with Gasteiger partial charge in [0.15, 0.2) is 11.7 Å². The van der Waals surface area contributed by atoms with E-state index in [1.54, 1.807) is 24.6 Å². The Morgan fingerprint density at radius 1 is 1.53 bits per heavy atom. The van der Waals surface area contributed by atoms with Crippen molar-refractivity contribution < 1.29 is 9.21 Å². The summed E-state index contributed by atoms with van der Waals surface area (Å²) in [6, 6.07) is 3.50. The number of hydrogen-bond donors (Lipinski definition) is 3. The zero-order valence-electron chi connectivity index (χ0n) is 10.2. The van der Waals surface area contributed by atoms with E-state index in [4.69, 9.17) is 15.9 Å². The topological polar surface area (TPSA) is 120 Å². The molecule has 8 heteroatoms. The van der Waals surface area contributed by atoms with Crippen LogP contribution in [0.25, 0.3) is 11.5 Å². The van der Waals surface area contributed by atoms with E-state index >= 15 is 0 Å². The summed E-state index contributed by atoms with van der Waals surface area (Å²) in [7, 11) is 1.58. The lowest BCUT2D eigenvalue weighted by Crippen LogP contribution is -2.21. The molecule has 0 radical (unpaired) electrons. The maximum Gasteiger partial charge on any atom is 0.227 e. The van der Waals surface area contributed by atoms with Crippen LogP contribution in [-0.2, 0) is 11.2 Å². The van der Waals surface area contributed by atoms with E-state index in [1.165, 1.54) is 11.3 Å². The highest BCUT2D eigenvalue weighted by Gasteiger charge is 2.11. The minimum absolute atomic E-state index is 0.0411. The normalized spacial score (nSPS) is 10.2. The summed E-state index contributed by atoms with van der Waals surface area (Å²) in [5.74, 6) is 0.999. The zero-order chi connectivity index (χ0) is 13.8. The fraction of sp³-hybridized carbons (Fsp3) is 0.182. The van der Waals surface area contributed by atoms with Crippen LogP contribution in [0.5, 0.6) is 0 Å². The molecule has 0 spiro atoms. The van der Waals surface area contributed by atoms with E-state index in [1.807, 2.05) is 0 Å². The molecule has 2 aromatic heterocycles. The van der Waals surface area contributed by atoms with Gasteiger partial charge in [0.25, 0.3) is 0 Å². The van der Waals surface area contributed by atoms with Crippen LogP contribution in [0.3, 0.4) is 0 Å². The van der Waals surface area contributed by atoms with Gasteiger partial charge in [0, 0.05) is 12.4 Å². The van der Waals surface area contributed by atoms with Gasteiger partial charge in [-0.05, 0) is 12.1 Å². The van der Waals surface area contributed by atoms with Crippen LogP contribution >= 0.6 is 11.3 Å². The fourth-order valence-electron chi connectivity index (χ4n) is 1.40. The number of nitrogens with two attached hydrogens (primary N) is 2. The van der Waals surface area contributed by atoms with Crippen LogP contribution in [0.4, 0.5) is 5.13 Å². The summed E-state index contributed by atoms with van der Waals surface area (Å²) in [6.07, 6.45) is 0.196. The molecule has 0 saturated heterocycles. The molecule has 0 aliphatic heterocycles. The Labute approximate surface area is 113 Å². The molecule has 0 fully saturated rings. The lowest BCUT2D eigenvalue weighted by Gasteiger charge is -1.95. The van der Waals surface area contributed by atoms with Gasteiger partial charge in [-0.1, -0.05) is 0 Å². The molecule has 0 aromatic carbocycles. The Hall–Kier alpha value is -2.35. The number of aromatic nitrogens is 1. The first-order valence-electron chi connectivity index (χ1n) is 5.43. The molecule has 100 valence electrons. The lowest BCUT2D eigenvalue weighted by atomic mass is 10.3. The summed E-state index contributed by atoms with van der Waals surface area (Å²) < 4.78 is 5.53. The molecule has 7 nitrogen and oxygen atoms in total.